The van der Waals surface area contributed by atoms with E-state index in [0.29, 0.717) is 28.9 Å². The smallest absolute Gasteiger partial charge is 0.251 e. The van der Waals surface area contributed by atoms with E-state index < -0.39 is 0 Å². The van der Waals surface area contributed by atoms with Crippen molar-refractivity contribution in [3.8, 4) is 22.8 Å². The van der Waals surface area contributed by atoms with Gasteiger partial charge in [-0.2, -0.15) is 14.6 Å². The molecule has 31 heavy (non-hydrogen) atoms. The third-order valence-electron chi connectivity index (χ3n) is 5.26. The second-order valence-corrected chi connectivity index (χ2v) is 7.59. The molecule has 8 heteroatoms. The number of ether oxygens (including phenoxy) is 1. The number of nitrogens with one attached hydrogen (secondary N) is 2. The molecule has 1 aliphatic carbocycles. The van der Waals surface area contributed by atoms with Crippen LogP contribution in [0, 0.1) is 6.92 Å². The van der Waals surface area contributed by atoms with E-state index in [1.165, 1.54) is 0 Å². The van der Waals surface area contributed by atoms with Gasteiger partial charge >= 0.3 is 0 Å². The van der Waals surface area contributed by atoms with E-state index in [1.54, 1.807) is 35.2 Å². The summed E-state index contributed by atoms with van der Waals surface area (Å²) in [6.45, 7) is 1.94. The van der Waals surface area contributed by atoms with E-state index in [-0.39, 0.29) is 5.91 Å². The number of hydrogen-bond acceptors (Lipinski definition) is 6. The number of pyridine rings is 1. The molecule has 1 aliphatic rings. The summed E-state index contributed by atoms with van der Waals surface area (Å²) in [6.07, 6.45) is 7.23. The first-order valence-electron chi connectivity index (χ1n) is 10.2. The largest absolute Gasteiger partial charge is 0.437 e. The topological polar surface area (TPSA) is 93.4 Å². The highest BCUT2D eigenvalue weighted by atomic mass is 16.5. The molecule has 2 N–H and O–H groups in total. The maximum absolute atomic E-state index is 12.5. The molecule has 0 aliphatic heterocycles. The molecule has 1 saturated carbocycles. The van der Waals surface area contributed by atoms with Gasteiger partial charge in [0.15, 0.2) is 5.65 Å². The molecule has 0 atom stereocenters. The first-order chi connectivity index (χ1) is 15.1. The Morgan fingerprint density at radius 1 is 1.19 bits per heavy atom. The van der Waals surface area contributed by atoms with Gasteiger partial charge in [0.05, 0.1) is 12.4 Å². The van der Waals surface area contributed by atoms with Crippen LogP contribution >= 0.6 is 0 Å². The maximum Gasteiger partial charge on any atom is 0.251 e. The maximum atomic E-state index is 12.5. The van der Waals surface area contributed by atoms with Crippen molar-refractivity contribution in [1.29, 1.82) is 0 Å². The molecule has 1 aromatic carbocycles. The van der Waals surface area contributed by atoms with Gasteiger partial charge in [-0.25, -0.2) is 0 Å². The Labute approximate surface area is 179 Å². The molecule has 4 aromatic rings. The number of aromatic nitrogens is 4. The number of carbonyl (C=O) groups is 1. The lowest BCUT2D eigenvalue weighted by Crippen LogP contribution is -2.26. The quantitative estimate of drug-likeness (QED) is 0.498. The van der Waals surface area contributed by atoms with Gasteiger partial charge in [-0.15, -0.1) is 0 Å². The molecule has 8 nitrogen and oxygen atoms in total. The standard InChI is InChI=1S/C23H22N6O2/c1-14-10-15(5-8-18(14)23(30)27-16-6-7-16)19-13-26-29-20(24-2)11-21(28-22(19)29)31-17-4-3-9-25-12-17/h3-5,8-13,16,24H,6-7H2,1-2H3,(H,27,30). The zero-order valence-corrected chi connectivity index (χ0v) is 17.3. The Morgan fingerprint density at radius 2 is 2.06 bits per heavy atom. The number of rotatable bonds is 6. The van der Waals surface area contributed by atoms with Crippen LogP contribution in [-0.2, 0) is 0 Å². The first kappa shape index (κ1) is 19.0. The number of aryl methyl sites for hydroxylation is 1. The molecular weight excluding hydrogens is 392 g/mol. The number of fused-ring (bicyclic) bond motifs is 1. The normalized spacial score (nSPS) is 13.2. The molecule has 3 aromatic heterocycles. The molecule has 0 saturated heterocycles. The van der Waals surface area contributed by atoms with Crippen LogP contribution in [0.2, 0.25) is 0 Å². The predicted octanol–water partition coefficient (Wildman–Crippen LogP) is 3.83. The summed E-state index contributed by atoms with van der Waals surface area (Å²) in [5.41, 5.74) is 4.04. The lowest BCUT2D eigenvalue weighted by Gasteiger charge is -2.10. The molecule has 1 amide bonds. The SMILES string of the molecule is CNc1cc(Oc2cccnc2)nc2c(-c3ccc(C(=O)NC4CC4)c(C)c3)cnn12. The van der Waals surface area contributed by atoms with E-state index >= 15 is 0 Å². The third kappa shape index (κ3) is 3.79. The number of carbonyl (C=O) groups excluding carboxylic acids is 1. The van der Waals surface area contributed by atoms with Crippen molar-refractivity contribution in [3.63, 3.8) is 0 Å². The second-order valence-electron chi connectivity index (χ2n) is 7.59. The van der Waals surface area contributed by atoms with Gasteiger partial charge in [0.1, 0.15) is 11.6 Å². The highest BCUT2D eigenvalue weighted by Crippen LogP contribution is 2.30. The molecular formula is C23H22N6O2. The average molecular weight is 414 g/mol. The van der Waals surface area contributed by atoms with Crippen molar-refractivity contribution in [3.05, 3.63) is 66.1 Å². The summed E-state index contributed by atoms with van der Waals surface area (Å²) in [7, 11) is 1.82. The minimum Gasteiger partial charge on any atom is -0.437 e. The second kappa shape index (κ2) is 7.71. The summed E-state index contributed by atoms with van der Waals surface area (Å²) in [5, 5.41) is 10.7. The van der Waals surface area contributed by atoms with Crippen LogP contribution in [-0.4, -0.2) is 38.6 Å². The summed E-state index contributed by atoms with van der Waals surface area (Å²) >= 11 is 0. The van der Waals surface area contributed by atoms with Gasteiger partial charge in [-0.05, 0) is 49.1 Å². The predicted molar refractivity (Wildman–Crippen MR) is 118 cm³/mol. The number of hydrogen-bond donors (Lipinski definition) is 2. The Morgan fingerprint density at radius 3 is 2.77 bits per heavy atom. The average Bonchev–Trinajstić information content (AvgIpc) is 3.49. The van der Waals surface area contributed by atoms with E-state index in [2.05, 4.69) is 25.7 Å². The molecule has 0 spiro atoms. The van der Waals surface area contributed by atoms with Crippen LogP contribution in [0.5, 0.6) is 11.6 Å². The number of amides is 1. The van der Waals surface area contributed by atoms with Crippen molar-refractivity contribution in [2.45, 2.75) is 25.8 Å². The van der Waals surface area contributed by atoms with Crippen LogP contribution in [0.25, 0.3) is 16.8 Å². The molecule has 0 bridgehead atoms. The highest BCUT2D eigenvalue weighted by Gasteiger charge is 2.24. The highest BCUT2D eigenvalue weighted by molar-refractivity contribution is 5.97. The van der Waals surface area contributed by atoms with Gasteiger partial charge < -0.3 is 15.4 Å². The van der Waals surface area contributed by atoms with E-state index in [1.807, 2.05) is 38.2 Å². The van der Waals surface area contributed by atoms with Gasteiger partial charge in [0, 0.05) is 36.5 Å². The van der Waals surface area contributed by atoms with Crippen molar-refractivity contribution >= 4 is 17.4 Å². The summed E-state index contributed by atoms with van der Waals surface area (Å²) in [4.78, 5) is 21.2. The molecule has 0 radical (unpaired) electrons. The minimum atomic E-state index is -0.0193. The summed E-state index contributed by atoms with van der Waals surface area (Å²) in [5.74, 6) is 1.76. The summed E-state index contributed by atoms with van der Waals surface area (Å²) < 4.78 is 7.63. The molecule has 3 heterocycles. The Bertz CT molecular complexity index is 1260. The zero-order valence-electron chi connectivity index (χ0n) is 17.3. The van der Waals surface area contributed by atoms with Crippen LogP contribution in [0.4, 0.5) is 5.82 Å². The van der Waals surface area contributed by atoms with Crippen molar-refractivity contribution in [1.82, 2.24) is 24.9 Å². The lowest BCUT2D eigenvalue weighted by molar-refractivity contribution is 0.0950. The van der Waals surface area contributed by atoms with Gasteiger partial charge in [0.2, 0.25) is 5.88 Å². The van der Waals surface area contributed by atoms with Gasteiger partial charge in [-0.3, -0.25) is 9.78 Å². The van der Waals surface area contributed by atoms with Crippen LogP contribution in [0.3, 0.4) is 0 Å². The van der Waals surface area contributed by atoms with Crippen LogP contribution in [0.15, 0.2) is 55.0 Å². The van der Waals surface area contributed by atoms with Gasteiger partial charge in [-0.1, -0.05) is 12.1 Å². The van der Waals surface area contributed by atoms with Crippen molar-refractivity contribution in [2.24, 2.45) is 0 Å². The van der Waals surface area contributed by atoms with Crippen LogP contribution in [0.1, 0.15) is 28.8 Å². The van der Waals surface area contributed by atoms with Crippen LogP contribution < -0.4 is 15.4 Å². The number of anilines is 1. The Balaban J connectivity index is 1.53. The van der Waals surface area contributed by atoms with E-state index in [9.17, 15) is 4.79 Å². The Kier molecular flexibility index (Phi) is 4.74. The van der Waals surface area contributed by atoms with Crippen molar-refractivity contribution in [2.75, 3.05) is 12.4 Å². The van der Waals surface area contributed by atoms with E-state index in [0.717, 1.165) is 35.3 Å². The van der Waals surface area contributed by atoms with Gasteiger partial charge in [0.25, 0.3) is 5.91 Å². The fourth-order valence-corrected chi connectivity index (χ4v) is 3.48. The minimum absolute atomic E-state index is 0.0193. The number of nitrogens with zero attached hydrogens (tertiary/aromatic N) is 4. The van der Waals surface area contributed by atoms with E-state index in [4.69, 9.17) is 4.74 Å². The number of benzene rings is 1. The molecule has 156 valence electrons. The summed E-state index contributed by atoms with van der Waals surface area (Å²) in [6, 6.07) is 11.5. The molecule has 1 fully saturated rings. The monoisotopic (exact) mass is 414 g/mol. The fraction of sp³-hybridized carbons (Fsp3) is 0.217. The lowest BCUT2D eigenvalue weighted by atomic mass is 10.0. The first-order valence-corrected chi connectivity index (χ1v) is 10.2. The molecule has 0 unspecified atom stereocenters. The molecule has 5 rings (SSSR count). The Hall–Kier alpha value is -3.94. The van der Waals surface area contributed by atoms with Crippen molar-refractivity contribution < 1.29 is 9.53 Å². The fourth-order valence-electron chi connectivity index (χ4n) is 3.48. The third-order valence-corrected chi connectivity index (χ3v) is 5.26. The zero-order chi connectivity index (χ0) is 21.4.